The molecule has 2 atom stereocenters. The molecular weight excluding hydrogens is 370 g/mol. The Hall–Kier alpha value is -0.910. The number of piperidine rings is 1. The van der Waals surface area contributed by atoms with Gasteiger partial charge in [0.05, 0.1) is 19.6 Å². The SMILES string of the molecule is Cc1cccc(C(C)(O)C(=O)OC2CC[N+]3(CCCCC3)C2)c1.[Br-]. The lowest BCUT2D eigenvalue weighted by atomic mass is 9.95. The second-order valence-electron chi connectivity index (χ2n) is 7.51. The summed E-state index contributed by atoms with van der Waals surface area (Å²) in [6.45, 7) is 7.92. The van der Waals surface area contributed by atoms with Crippen LogP contribution in [0.5, 0.6) is 0 Å². The standard InChI is InChI=1S/C19H28NO3.BrH/c1-15-7-6-8-16(13-15)19(2,22)18(21)23-17-9-12-20(14-17)10-4-3-5-11-20;/h6-8,13,17,22H,3-5,9-12,14H2,1-2H3;1H/q+1;/p-1. The maximum absolute atomic E-state index is 12.5. The zero-order chi connectivity index (χ0) is 16.5. The van der Waals surface area contributed by atoms with Crippen molar-refractivity contribution in [2.45, 2.75) is 51.2 Å². The van der Waals surface area contributed by atoms with Crippen LogP contribution < -0.4 is 17.0 Å². The molecule has 3 rings (SSSR count). The number of ether oxygens (including phenoxy) is 1. The summed E-state index contributed by atoms with van der Waals surface area (Å²) in [5, 5.41) is 10.7. The molecule has 2 aliphatic heterocycles. The summed E-state index contributed by atoms with van der Waals surface area (Å²) in [6, 6.07) is 7.43. The molecule has 4 nitrogen and oxygen atoms in total. The average Bonchev–Trinajstić information content (AvgIpc) is 2.90. The molecule has 0 aliphatic carbocycles. The number of carbonyl (C=O) groups excluding carboxylic acids is 1. The Bertz CT molecular complexity index is 582. The first-order valence-corrected chi connectivity index (χ1v) is 8.77. The van der Waals surface area contributed by atoms with E-state index in [1.807, 2.05) is 25.1 Å². The first-order chi connectivity index (χ1) is 10.9. The molecule has 0 saturated carbocycles. The van der Waals surface area contributed by atoms with Gasteiger partial charge in [-0.25, -0.2) is 4.79 Å². The first kappa shape index (κ1) is 19.4. The molecule has 1 N–H and O–H groups in total. The third-order valence-electron chi connectivity index (χ3n) is 5.53. The molecule has 134 valence electrons. The van der Waals surface area contributed by atoms with Gasteiger partial charge in [0.2, 0.25) is 0 Å². The van der Waals surface area contributed by atoms with E-state index in [0.29, 0.717) is 5.56 Å². The van der Waals surface area contributed by atoms with Gasteiger partial charge in [0.25, 0.3) is 0 Å². The minimum absolute atomic E-state index is 0. The average molecular weight is 398 g/mol. The van der Waals surface area contributed by atoms with Crippen molar-refractivity contribution < 1.29 is 36.1 Å². The topological polar surface area (TPSA) is 46.5 Å². The molecule has 2 unspecified atom stereocenters. The van der Waals surface area contributed by atoms with Gasteiger partial charge in [-0.1, -0.05) is 29.8 Å². The van der Waals surface area contributed by atoms with E-state index in [1.165, 1.54) is 39.3 Å². The fourth-order valence-electron chi connectivity index (χ4n) is 4.05. The smallest absolute Gasteiger partial charge is 0.343 e. The molecule has 0 aromatic heterocycles. The second-order valence-corrected chi connectivity index (χ2v) is 7.51. The highest BCUT2D eigenvalue weighted by molar-refractivity contribution is 5.80. The molecule has 1 aromatic rings. The van der Waals surface area contributed by atoms with Crippen LogP contribution in [-0.4, -0.2) is 47.8 Å². The van der Waals surface area contributed by atoms with E-state index in [9.17, 15) is 9.90 Å². The Morgan fingerprint density at radius 2 is 1.96 bits per heavy atom. The Morgan fingerprint density at radius 1 is 1.25 bits per heavy atom. The lowest BCUT2D eigenvalue weighted by Gasteiger charge is -2.37. The lowest BCUT2D eigenvalue weighted by molar-refractivity contribution is -0.922. The van der Waals surface area contributed by atoms with Crippen LogP contribution >= 0.6 is 0 Å². The summed E-state index contributed by atoms with van der Waals surface area (Å²) < 4.78 is 6.80. The van der Waals surface area contributed by atoms with Crippen molar-refractivity contribution in [1.82, 2.24) is 0 Å². The van der Waals surface area contributed by atoms with E-state index in [1.54, 1.807) is 6.07 Å². The number of aryl methyl sites for hydroxylation is 1. The predicted octanol–water partition coefficient (Wildman–Crippen LogP) is -0.477. The van der Waals surface area contributed by atoms with Crippen LogP contribution in [0.4, 0.5) is 0 Å². The van der Waals surface area contributed by atoms with Crippen LogP contribution in [0.2, 0.25) is 0 Å². The number of aliphatic hydroxyl groups is 1. The maximum Gasteiger partial charge on any atom is 0.343 e. The van der Waals surface area contributed by atoms with E-state index < -0.39 is 11.6 Å². The van der Waals surface area contributed by atoms with Crippen molar-refractivity contribution in [3.05, 3.63) is 35.4 Å². The minimum atomic E-state index is -1.58. The molecular formula is C19H28BrNO3. The highest BCUT2D eigenvalue weighted by atomic mass is 79.9. The van der Waals surface area contributed by atoms with Crippen molar-refractivity contribution in [1.29, 1.82) is 0 Å². The van der Waals surface area contributed by atoms with Crippen LogP contribution in [0.25, 0.3) is 0 Å². The van der Waals surface area contributed by atoms with E-state index in [0.717, 1.165) is 29.6 Å². The highest BCUT2D eigenvalue weighted by Gasteiger charge is 2.43. The van der Waals surface area contributed by atoms with Crippen LogP contribution in [0.15, 0.2) is 24.3 Å². The quantitative estimate of drug-likeness (QED) is 0.553. The van der Waals surface area contributed by atoms with Crippen molar-refractivity contribution in [2.24, 2.45) is 0 Å². The third-order valence-corrected chi connectivity index (χ3v) is 5.53. The van der Waals surface area contributed by atoms with Crippen molar-refractivity contribution >= 4 is 5.97 Å². The Morgan fingerprint density at radius 3 is 2.62 bits per heavy atom. The Labute approximate surface area is 155 Å². The number of quaternary nitrogens is 1. The number of hydrogen-bond donors (Lipinski definition) is 1. The number of benzene rings is 1. The third kappa shape index (κ3) is 4.01. The fourth-order valence-corrected chi connectivity index (χ4v) is 4.05. The van der Waals surface area contributed by atoms with E-state index in [4.69, 9.17) is 4.74 Å². The summed E-state index contributed by atoms with van der Waals surface area (Å²) in [7, 11) is 0. The van der Waals surface area contributed by atoms with Gasteiger partial charge in [-0.3, -0.25) is 0 Å². The Balaban J connectivity index is 0.00000208. The van der Waals surface area contributed by atoms with Gasteiger partial charge in [-0.15, -0.1) is 0 Å². The summed E-state index contributed by atoms with van der Waals surface area (Å²) in [4.78, 5) is 12.5. The van der Waals surface area contributed by atoms with Crippen LogP contribution in [0.1, 0.15) is 43.7 Å². The normalized spacial score (nSPS) is 24.9. The molecule has 0 bridgehead atoms. The number of esters is 1. The van der Waals surface area contributed by atoms with Crippen molar-refractivity contribution in [3.8, 4) is 0 Å². The molecule has 2 saturated heterocycles. The lowest BCUT2D eigenvalue weighted by Crippen LogP contribution is -3.00. The predicted molar refractivity (Wildman–Crippen MR) is 88.8 cm³/mol. The van der Waals surface area contributed by atoms with Gasteiger partial charge in [0, 0.05) is 6.42 Å². The van der Waals surface area contributed by atoms with Crippen molar-refractivity contribution in [2.75, 3.05) is 26.2 Å². The zero-order valence-electron chi connectivity index (χ0n) is 14.6. The van der Waals surface area contributed by atoms with Gasteiger partial charge < -0.3 is 31.3 Å². The molecule has 0 radical (unpaired) electrons. The molecule has 1 aromatic carbocycles. The summed E-state index contributed by atoms with van der Waals surface area (Å²) in [5.74, 6) is -0.523. The summed E-state index contributed by atoms with van der Waals surface area (Å²) in [5.41, 5.74) is 0.0399. The number of nitrogens with zero attached hydrogens (tertiary/aromatic N) is 1. The van der Waals surface area contributed by atoms with Crippen LogP contribution in [-0.2, 0) is 15.1 Å². The molecule has 2 aliphatic rings. The van der Waals surface area contributed by atoms with E-state index in [2.05, 4.69) is 0 Å². The monoisotopic (exact) mass is 397 g/mol. The van der Waals surface area contributed by atoms with Crippen LogP contribution in [0, 0.1) is 6.92 Å². The van der Waals surface area contributed by atoms with Crippen LogP contribution in [0.3, 0.4) is 0 Å². The molecule has 1 spiro atoms. The Kier molecular flexibility index (Phi) is 6.10. The van der Waals surface area contributed by atoms with Gasteiger partial charge in [-0.05, 0) is 38.7 Å². The van der Waals surface area contributed by atoms with Gasteiger partial charge in [0.15, 0.2) is 11.7 Å². The summed E-state index contributed by atoms with van der Waals surface area (Å²) in [6.07, 6.45) is 4.74. The number of halogens is 1. The minimum Gasteiger partial charge on any atom is -1.00 e. The van der Waals surface area contributed by atoms with Gasteiger partial charge in [0.1, 0.15) is 6.54 Å². The number of hydrogen-bond acceptors (Lipinski definition) is 3. The summed E-state index contributed by atoms with van der Waals surface area (Å²) >= 11 is 0. The molecule has 5 heteroatoms. The fraction of sp³-hybridized carbons (Fsp3) is 0.632. The molecule has 2 heterocycles. The highest BCUT2D eigenvalue weighted by Crippen LogP contribution is 2.30. The molecule has 24 heavy (non-hydrogen) atoms. The van der Waals surface area contributed by atoms with Crippen molar-refractivity contribution in [3.63, 3.8) is 0 Å². The number of rotatable bonds is 3. The van der Waals surface area contributed by atoms with E-state index >= 15 is 0 Å². The van der Waals surface area contributed by atoms with Gasteiger partial charge >= 0.3 is 5.97 Å². The van der Waals surface area contributed by atoms with Gasteiger partial charge in [-0.2, -0.15) is 0 Å². The maximum atomic E-state index is 12.5. The largest absolute Gasteiger partial charge is 1.00 e. The molecule has 2 fully saturated rings. The second kappa shape index (κ2) is 7.54. The first-order valence-electron chi connectivity index (χ1n) is 8.77. The zero-order valence-corrected chi connectivity index (χ0v) is 16.2. The number of carbonyl (C=O) groups is 1. The molecule has 0 amide bonds. The van der Waals surface area contributed by atoms with E-state index in [-0.39, 0.29) is 23.1 Å².